The van der Waals surface area contributed by atoms with Crippen molar-refractivity contribution in [2.24, 2.45) is 0 Å². The fraction of sp³-hybridized carbons (Fsp3) is 0.600. The van der Waals surface area contributed by atoms with Crippen LogP contribution >= 0.6 is 23.1 Å². The van der Waals surface area contributed by atoms with Crippen LogP contribution < -0.4 is 5.32 Å². The molecular weight excluding hydrogens is 286 g/mol. The third-order valence-electron chi connectivity index (χ3n) is 3.97. The lowest BCUT2D eigenvalue weighted by Crippen LogP contribution is -2.15. The molecule has 0 spiro atoms. The van der Waals surface area contributed by atoms with E-state index in [1.54, 1.807) is 11.8 Å². The Hall–Kier alpha value is -0.810. The van der Waals surface area contributed by atoms with Gasteiger partial charge in [0.05, 0.1) is 5.39 Å². The summed E-state index contributed by atoms with van der Waals surface area (Å²) in [4.78, 5) is 12.2. The van der Waals surface area contributed by atoms with Crippen LogP contribution in [-0.4, -0.2) is 22.3 Å². The van der Waals surface area contributed by atoms with Gasteiger partial charge in [0.15, 0.2) is 5.16 Å². The first kappa shape index (κ1) is 14.1. The van der Waals surface area contributed by atoms with Gasteiger partial charge >= 0.3 is 0 Å². The summed E-state index contributed by atoms with van der Waals surface area (Å²) in [5, 5.41) is 5.76. The standard InChI is InChI=1S/C15H21N3S2/c1-4-9(2)16-13-12-10-7-5-6-8-11(10)20-14(12)18-15(17-13)19-3/h9H,4-8H2,1-3H3,(H,16,17,18). The Labute approximate surface area is 128 Å². The van der Waals surface area contributed by atoms with Crippen LogP contribution in [0.15, 0.2) is 5.16 Å². The van der Waals surface area contributed by atoms with Crippen molar-refractivity contribution in [2.45, 2.75) is 57.1 Å². The highest BCUT2D eigenvalue weighted by Crippen LogP contribution is 2.39. The molecule has 1 unspecified atom stereocenters. The maximum Gasteiger partial charge on any atom is 0.190 e. The van der Waals surface area contributed by atoms with Crippen molar-refractivity contribution < 1.29 is 0 Å². The van der Waals surface area contributed by atoms with Gasteiger partial charge in [-0.1, -0.05) is 18.7 Å². The average molecular weight is 307 g/mol. The van der Waals surface area contributed by atoms with Gasteiger partial charge in [-0.2, -0.15) is 0 Å². The monoisotopic (exact) mass is 307 g/mol. The van der Waals surface area contributed by atoms with Crippen LogP contribution in [0.3, 0.4) is 0 Å². The summed E-state index contributed by atoms with van der Waals surface area (Å²) in [6.45, 7) is 4.42. The number of rotatable bonds is 4. The zero-order valence-electron chi connectivity index (χ0n) is 12.3. The highest BCUT2D eigenvalue weighted by atomic mass is 32.2. The fourth-order valence-corrected chi connectivity index (χ4v) is 4.35. The Morgan fingerprint density at radius 2 is 2.10 bits per heavy atom. The Kier molecular flexibility index (Phi) is 4.17. The quantitative estimate of drug-likeness (QED) is 0.666. The first-order valence-electron chi connectivity index (χ1n) is 7.35. The molecule has 0 radical (unpaired) electrons. The molecule has 1 N–H and O–H groups in total. The molecule has 0 fully saturated rings. The lowest BCUT2D eigenvalue weighted by atomic mass is 9.97. The van der Waals surface area contributed by atoms with E-state index in [1.807, 2.05) is 17.6 Å². The Bertz CT molecular complexity index is 621. The first-order valence-corrected chi connectivity index (χ1v) is 9.39. The maximum atomic E-state index is 4.74. The molecule has 1 aliphatic carbocycles. The van der Waals surface area contributed by atoms with Crippen molar-refractivity contribution in [2.75, 3.05) is 11.6 Å². The molecule has 5 heteroatoms. The predicted octanol–water partition coefficient (Wildman–Crippen LogP) is 4.50. The molecule has 0 saturated heterocycles. The summed E-state index contributed by atoms with van der Waals surface area (Å²) in [6, 6.07) is 0.446. The normalized spacial score (nSPS) is 16.1. The fourth-order valence-electron chi connectivity index (χ4n) is 2.67. The van der Waals surface area contributed by atoms with E-state index in [-0.39, 0.29) is 0 Å². The lowest BCUT2D eigenvalue weighted by Gasteiger charge is -2.16. The summed E-state index contributed by atoms with van der Waals surface area (Å²) >= 11 is 3.50. The molecule has 3 rings (SSSR count). The molecule has 0 bridgehead atoms. The van der Waals surface area contributed by atoms with Crippen molar-refractivity contribution in [3.8, 4) is 0 Å². The van der Waals surface area contributed by atoms with Gasteiger partial charge in [0.2, 0.25) is 0 Å². The molecule has 2 aromatic rings. The third-order valence-corrected chi connectivity index (χ3v) is 5.71. The number of thiophene rings is 1. The Morgan fingerprint density at radius 1 is 1.30 bits per heavy atom. The number of fused-ring (bicyclic) bond motifs is 3. The highest BCUT2D eigenvalue weighted by molar-refractivity contribution is 7.98. The van der Waals surface area contributed by atoms with Gasteiger partial charge in [-0.3, -0.25) is 0 Å². The number of nitrogens with one attached hydrogen (secondary N) is 1. The van der Waals surface area contributed by atoms with E-state index in [9.17, 15) is 0 Å². The molecule has 20 heavy (non-hydrogen) atoms. The van der Waals surface area contributed by atoms with Crippen molar-refractivity contribution in [3.05, 3.63) is 10.4 Å². The highest BCUT2D eigenvalue weighted by Gasteiger charge is 2.21. The van der Waals surface area contributed by atoms with Gasteiger partial charge in [0.1, 0.15) is 10.6 Å². The van der Waals surface area contributed by atoms with E-state index in [0.29, 0.717) is 6.04 Å². The van der Waals surface area contributed by atoms with Gasteiger partial charge in [0, 0.05) is 10.9 Å². The van der Waals surface area contributed by atoms with Crippen LogP contribution in [0.1, 0.15) is 43.6 Å². The average Bonchev–Trinajstić information content (AvgIpc) is 2.85. The first-order chi connectivity index (χ1) is 9.72. The van der Waals surface area contributed by atoms with Crippen LogP contribution in [0.25, 0.3) is 10.2 Å². The molecular formula is C15H21N3S2. The van der Waals surface area contributed by atoms with Gasteiger partial charge < -0.3 is 5.32 Å². The molecule has 2 aromatic heterocycles. The number of anilines is 1. The molecule has 1 atom stereocenters. The largest absolute Gasteiger partial charge is 0.367 e. The second kappa shape index (κ2) is 5.90. The van der Waals surface area contributed by atoms with Crippen LogP contribution in [0.4, 0.5) is 5.82 Å². The SMILES string of the molecule is CCC(C)Nc1nc(SC)nc2sc3c(c12)CCCC3. The molecule has 0 aromatic carbocycles. The summed E-state index contributed by atoms with van der Waals surface area (Å²) in [5.74, 6) is 1.05. The second-order valence-electron chi connectivity index (χ2n) is 5.40. The van der Waals surface area contributed by atoms with E-state index in [2.05, 4.69) is 19.2 Å². The van der Waals surface area contributed by atoms with E-state index >= 15 is 0 Å². The number of aryl methyl sites for hydroxylation is 2. The third kappa shape index (κ3) is 2.53. The van der Waals surface area contributed by atoms with Crippen molar-refractivity contribution >= 4 is 39.1 Å². The Balaban J connectivity index is 2.16. The minimum absolute atomic E-state index is 0.446. The van der Waals surface area contributed by atoms with E-state index in [0.717, 1.165) is 17.4 Å². The van der Waals surface area contributed by atoms with Crippen LogP contribution in [0.2, 0.25) is 0 Å². The molecule has 0 aliphatic heterocycles. The van der Waals surface area contributed by atoms with Gasteiger partial charge in [-0.05, 0) is 50.8 Å². The minimum atomic E-state index is 0.446. The van der Waals surface area contributed by atoms with Crippen LogP contribution in [0, 0.1) is 0 Å². The van der Waals surface area contributed by atoms with Crippen molar-refractivity contribution in [3.63, 3.8) is 0 Å². The minimum Gasteiger partial charge on any atom is -0.367 e. The number of aromatic nitrogens is 2. The molecule has 3 nitrogen and oxygen atoms in total. The summed E-state index contributed by atoms with van der Waals surface area (Å²) in [7, 11) is 0. The van der Waals surface area contributed by atoms with Crippen LogP contribution in [-0.2, 0) is 12.8 Å². The van der Waals surface area contributed by atoms with Gasteiger partial charge in [0.25, 0.3) is 0 Å². The molecule has 0 saturated carbocycles. The van der Waals surface area contributed by atoms with E-state index in [1.165, 1.54) is 46.3 Å². The summed E-state index contributed by atoms with van der Waals surface area (Å²) in [5.41, 5.74) is 1.51. The van der Waals surface area contributed by atoms with Crippen molar-refractivity contribution in [1.29, 1.82) is 0 Å². The topological polar surface area (TPSA) is 37.8 Å². The van der Waals surface area contributed by atoms with E-state index in [4.69, 9.17) is 9.97 Å². The lowest BCUT2D eigenvalue weighted by molar-refractivity contribution is 0.699. The predicted molar refractivity (Wildman–Crippen MR) is 89.2 cm³/mol. The number of hydrogen-bond donors (Lipinski definition) is 1. The molecule has 2 heterocycles. The van der Waals surface area contributed by atoms with Crippen molar-refractivity contribution in [1.82, 2.24) is 9.97 Å². The number of hydrogen-bond acceptors (Lipinski definition) is 5. The van der Waals surface area contributed by atoms with Gasteiger partial charge in [-0.15, -0.1) is 11.3 Å². The summed E-state index contributed by atoms with van der Waals surface area (Å²) < 4.78 is 0. The van der Waals surface area contributed by atoms with Crippen LogP contribution in [0.5, 0.6) is 0 Å². The maximum absolute atomic E-state index is 4.74. The molecule has 0 amide bonds. The number of nitrogens with zero attached hydrogens (tertiary/aromatic N) is 2. The second-order valence-corrected chi connectivity index (χ2v) is 7.26. The van der Waals surface area contributed by atoms with Gasteiger partial charge in [-0.25, -0.2) is 9.97 Å². The zero-order valence-corrected chi connectivity index (χ0v) is 14.0. The number of thioether (sulfide) groups is 1. The zero-order chi connectivity index (χ0) is 14.1. The summed E-state index contributed by atoms with van der Waals surface area (Å²) in [6.07, 6.45) is 8.16. The molecule has 1 aliphatic rings. The van der Waals surface area contributed by atoms with E-state index < -0.39 is 0 Å². The molecule has 108 valence electrons. The smallest absolute Gasteiger partial charge is 0.190 e. The Morgan fingerprint density at radius 3 is 2.85 bits per heavy atom.